The molecule has 0 aliphatic carbocycles. The third-order valence-electron chi connectivity index (χ3n) is 3.50. The highest BCUT2D eigenvalue weighted by atomic mass is 16.5. The maximum atomic E-state index is 12.5. The standard InChI is InChI=1S/C14H20N2O2/c1-9-6-10(2)16(8-9)14(17)12-7-11(15)4-5-13(12)18-3/h4-5,7,9-10H,6,8,15H2,1-3H3. The zero-order valence-electron chi connectivity index (χ0n) is 11.1. The fourth-order valence-corrected chi connectivity index (χ4v) is 2.63. The summed E-state index contributed by atoms with van der Waals surface area (Å²) in [5, 5.41) is 0. The molecule has 18 heavy (non-hydrogen) atoms. The van der Waals surface area contributed by atoms with Gasteiger partial charge in [-0.05, 0) is 37.5 Å². The maximum absolute atomic E-state index is 12.5. The van der Waals surface area contributed by atoms with E-state index in [-0.39, 0.29) is 11.9 Å². The average Bonchev–Trinajstić information content (AvgIpc) is 2.67. The van der Waals surface area contributed by atoms with Crippen molar-refractivity contribution in [3.63, 3.8) is 0 Å². The highest BCUT2D eigenvalue weighted by Gasteiger charge is 2.31. The van der Waals surface area contributed by atoms with Gasteiger partial charge in [-0.1, -0.05) is 6.92 Å². The minimum absolute atomic E-state index is 0.0102. The van der Waals surface area contributed by atoms with Gasteiger partial charge in [-0.25, -0.2) is 0 Å². The van der Waals surface area contributed by atoms with Gasteiger partial charge in [-0.3, -0.25) is 4.79 Å². The number of amides is 1. The molecule has 0 radical (unpaired) electrons. The second-order valence-corrected chi connectivity index (χ2v) is 5.11. The van der Waals surface area contributed by atoms with Crippen LogP contribution in [-0.2, 0) is 0 Å². The van der Waals surface area contributed by atoms with E-state index >= 15 is 0 Å². The van der Waals surface area contributed by atoms with E-state index in [1.807, 2.05) is 4.90 Å². The van der Waals surface area contributed by atoms with Crippen molar-refractivity contribution < 1.29 is 9.53 Å². The first-order chi connectivity index (χ1) is 8.52. The van der Waals surface area contributed by atoms with Crippen LogP contribution in [0.2, 0.25) is 0 Å². The summed E-state index contributed by atoms with van der Waals surface area (Å²) in [5.74, 6) is 1.15. The number of hydrogen-bond acceptors (Lipinski definition) is 3. The van der Waals surface area contributed by atoms with Gasteiger partial charge in [0.2, 0.25) is 0 Å². The normalized spacial score (nSPS) is 23.2. The molecular weight excluding hydrogens is 228 g/mol. The molecule has 1 aliphatic heterocycles. The van der Waals surface area contributed by atoms with Gasteiger partial charge in [0, 0.05) is 18.3 Å². The second kappa shape index (κ2) is 4.88. The highest BCUT2D eigenvalue weighted by molar-refractivity contribution is 5.98. The lowest BCUT2D eigenvalue weighted by Crippen LogP contribution is -2.34. The molecule has 4 nitrogen and oxygen atoms in total. The number of benzene rings is 1. The second-order valence-electron chi connectivity index (χ2n) is 5.11. The van der Waals surface area contributed by atoms with E-state index in [9.17, 15) is 4.79 Å². The summed E-state index contributed by atoms with van der Waals surface area (Å²) >= 11 is 0. The molecule has 0 spiro atoms. The van der Waals surface area contributed by atoms with Crippen LogP contribution in [0.1, 0.15) is 30.6 Å². The molecule has 1 heterocycles. The van der Waals surface area contributed by atoms with Crippen molar-refractivity contribution in [2.45, 2.75) is 26.3 Å². The van der Waals surface area contributed by atoms with Crippen LogP contribution in [0.25, 0.3) is 0 Å². The molecule has 2 N–H and O–H groups in total. The molecule has 1 amide bonds. The van der Waals surface area contributed by atoms with E-state index in [2.05, 4.69) is 13.8 Å². The smallest absolute Gasteiger partial charge is 0.257 e. The minimum Gasteiger partial charge on any atom is -0.496 e. The summed E-state index contributed by atoms with van der Waals surface area (Å²) in [4.78, 5) is 14.4. The average molecular weight is 248 g/mol. The number of carbonyl (C=O) groups is 1. The number of ether oxygens (including phenoxy) is 1. The predicted molar refractivity (Wildman–Crippen MR) is 71.7 cm³/mol. The van der Waals surface area contributed by atoms with Crippen LogP contribution in [0.4, 0.5) is 5.69 Å². The number of nitrogens with two attached hydrogens (primary N) is 1. The Kier molecular flexibility index (Phi) is 3.45. The monoisotopic (exact) mass is 248 g/mol. The maximum Gasteiger partial charge on any atom is 0.257 e. The van der Waals surface area contributed by atoms with Gasteiger partial charge in [0.15, 0.2) is 0 Å². The number of nitrogens with zero attached hydrogens (tertiary/aromatic N) is 1. The largest absolute Gasteiger partial charge is 0.496 e. The SMILES string of the molecule is COc1ccc(N)cc1C(=O)N1CC(C)CC1C. The van der Waals surface area contributed by atoms with Crippen LogP contribution in [0.3, 0.4) is 0 Å². The van der Waals surface area contributed by atoms with Crippen molar-refractivity contribution in [1.29, 1.82) is 0 Å². The third-order valence-corrected chi connectivity index (χ3v) is 3.50. The summed E-state index contributed by atoms with van der Waals surface area (Å²) in [6.45, 7) is 5.05. The molecule has 98 valence electrons. The van der Waals surface area contributed by atoms with Crippen molar-refractivity contribution in [1.82, 2.24) is 4.90 Å². The Morgan fingerprint density at radius 1 is 1.44 bits per heavy atom. The minimum atomic E-state index is 0.0102. The van der Waals surface area contributed by atoms with Gasteiger partial charge >= 0.3 is 0 Å². The zero-order chi connectivity index (χ0) is 13.3. The van der Waals surface area contributed by atoms with Crippen molar-refractivity contribution in [3.05, 3.63) is 23.8 Å². The highest BCUT2D eigenvalue weighted by Crippen LogP contribution is 2.28. The Labute approximate surface area is 108 Å². The molecule has 0 bridgehead atoms. The number of hydrogen-bond donors (Lipinski definition) is 1. The van der Waals surface area contributed by atoms with Crippen LogP contribution in [0.15, 0.2) is 18.2 Å². The van der Waals surface area contributed by atoms with Gasteiger partial charge in [0.1, 0.15) is 5.75 Å². The van der Waals surface area contributed by atoms with Crippen LogP contribution < -0.4 is 10.5 Å². The summed E-state index contributed by atoms with van der Waals surface area (Å²) in [7, 11) is 1.57. The predicted octanol–water partition coefficient (Wildman–Crippen LogP) is 2.15. The molecule has 2 rings (SSSR count). The van der Waals surface area contributed by atoms with E-state index in [1.54, 1.807) is 25.3 Å². The van der Waals surface area contributed by atoms with Crippen LogP contribution >= 0.6 is 0 Å². The third kappa shape index (κ3) is 2.28. The van der Waals surface area contributed by atoms with Crippen LogP contribution in [0.5, 0.6) is 5.75 Å². The van der Waals surface area contributed by atoms with E-state index < -0.39 is 0 Å². The Hall–Kier alpha value is -1.71. The van der Waals surface area contributed by atoms with Crippen molar-refractivity contribution in [2.75, 3.05) is 19.4 Å². The molecule has 1 fully saturated rings. The zero-order valence-corrected chi connectivity index (χ0v) is 11.1. The van der Waals surface area contributed by atoms with Crippen molar-refractivity contribution >= 4 is 11.6 Å². The molecule has 1 aromatic rings. The molecule has 0 saturated carbocycles. The molecule has 4 heteroatoms. The first kappa shape index (κ1) is 12.7. The summed E-state index contributed by atoms with van der Waals surface area (Å²) in [6, 6.07) is 5.45. The fourth-order valence-electron chi connectivity index (χ4n) is 2.63. The first-order valence-corrected chi connectivity index (χ1v) is 6.27. The Balaban J connectivity index is 2.31. The number of likely N-dealkylation sites (tertiary alicyclic amines) is 1. The van der Waals surface area contributed by atoms with Crippen LogP contribution in [-0.4, -0.2) is 30.5 Å². The van der Waals surface area contributed by atoms with Crippen molar-refractivity contribution in [3.8, 4) is 5.75 Å². The topological polar surface area (TPSA) is 55.6 Å². The van der Waals surface area contributed by atoms with Crippen molar-refractivity contribution in [2.24, 2.45) is 5.92 Å². The molecule has 2 atom stereocenters. The number of anilines is 1. The molecule has 0 aromatic heterocycles. The summed E-state index contributed by atoms with van der Waals surface area (Å²) in [5.41, 5.74) is 6.89. The van der Waals surface area contributed by atoms with Crippen LogP contribution in [0, 0.1) is 5.92 Å². The van der Waals surface area contributed by atoms with E-state index in [0.717, 1.165) is 13.0 Å². The molecular formula is C14H20N2O2. The molecule has 1 aromatic carbocycles. The number of nitrogen functional groups attached to an aromatic ring is 1. The lowest BCUT2D eigenvalue weighted by molar-refractivity contribution is 0.0740. The summed E-state index contributed by atoms with van der Waals surface area (Å²) < 4.78 is 5.24. The molecule has 1 saturated heterocycles. The quantitative estimate of drug-likeness (QED) is 0.816. The number of methoxy groups -OCH3 is 1. The Bertz CT molecular complexity index is 459. The van der Waals surface area contributed by atoms with Gasteiger partial charge in [0.05, 0.1) is 12.7 Å². The molecule has 1 aliphatic rings. The first-order valence-electron chi connectivity index (χ1n) is 6.27. The van der Waals surface area contributed by atoms with Gasteiger partial charge < -0.3 is 15.4 Å². The van der Waals surface area contributed by atoms with Gasteiger partial charge in [-0.2, -0.15) is 0 Å². The fraction of sp³-hybridized carbons (Fsp3) is 0.500. The Morgan fingerprint density at radius 3 is 2.72 bits per heavy atom. The number of rotatable bonds is 2. The van der Waals surface area contributed by atoms with Gasteiger partial charge in [0.25, 0.3) is 5.91 Å². The van der Waals surface area contributed by atoms with Gasteiger partial charge in [-0.15, -0.1) is 0 Å². The van der Waals surface area contributed by atoms with E-state index in [4.69, 9.17) is 10.5 Å². The van der Waals surface area contributed by atoms with E-state index in [1.165, 1.54) is 0 Å². The van der Waals surface area contributed by atoms with E-state index in [0.29, 0.717) is 22.9 Å². The number of carbonyl (C=O) groups excluding carboxylic acids is 1. The summed E-state index contributed by atoms with van der Waals surface area (Å²) in [6.07, 6.45) is 1.05. The molecule has 2 unspecified atom stereocenters. The lowest BCUT2D eigenvalue weighted by atomic mass is 10.1. The lowest BCUT2D eigenvalue weighted by Gasteiger charge is -2.22. The Morgan fingerprint density at radius 2 is 2.17 bits per heavy atom.